The average molecular weight is 562 g/mol. The Balaban J connectivity index is 1.31. The molecule has 0 aliphatic carbocycles. The molecule has 2 saturated heterocycles. The number of aromatic amines is 1. The third kappa shape index (κ3) is 5.25. The van der Waals surface area contributed by atoms with E-state index in [4.69, 9.17) is 14.7 Å². The first-order chi connectivity index (χ1) is 19.6. The number of fused-ring (bicyclic) bond motifs is 2. The summed E-state index contributed by atoms with van der Waals surface area (Å²) in [6.07, 6.45) is 4.60. The van der Waals surface area contributed by atoms with Crippen molar-refractivity contribution >= 4 is 28.3 Å². The summed E-state index contributed by atoms with van der Waals surface area (Å²) in [5.41, 5.74) is 5.77. The van der Waals surface area contributed by atoms with E-state index in [1.54, 1.807) is 6.92 Å². The van der Waals surface area contributed by atoms with Crippen LogP contribution in [0.25, 0.3) is 10.9 Å². The average Bonchev–Trinajstić information content (AvgIpc) is 3.52. The Morgan fingerprint density at radius 3 is 2.71 bits per heavy atom. The van der Waals surface area contributed by atoms with Crippen LogP contribution in [-0.4, -0.2) is 95.3 Å². The number of ether oxygens (including phenoxy) is 1. The fourth-order valence-corrected chi connectivity index (χ4v) is 6.72. The van der Waals surface area contributed by atoms with Gasteiger partial charge in [-0.1, -0.05) is 6.58 Å². The second-order valence-corrected chi connectivity index (χ2v) is 12.0. The lowest BCUT2D eigenvalue weighted by Crippen LogP contribution is -2.49. The van der Waals surface area contributed by atoms with Crippen molar-refractivity contribution in [1.82, 2.24) is 24.8 Å². The van der Waals surface area contributed by atoms with Crippen LogP contribution < -0.4 is 14.5 Å². The molecule has 0 radical (unpaired) electrons. The third-order valence-corrected chi connectivity index (χ3v) is 9.01. The van der Waals surface area contributed by atoms with Crippen LogP contribution in [0.15, 0.2) is 31.0 Å². The van der Waals surface area contributed by atoms with Gasteiger partial charge in [-0.2, -0.15) is 9.97 Å². The molecule has 0 spiro atoms. The van der Waals surface area contributed by atoms with Gasteiger partial charge in [0.15, 0.2) is 0 Å². The SMILES string of the molecule is C=CC(=O)N1CCN(c2nc(OC[C@@H]3CC(C)(F)CN3C)nc3c2CCN(c2c(C)c(C)cc4[nH]ccc24)C3)CC1. The molecule has 2 aromatic heterocycles. The van der Waals surface area contributed by atoms with Crippen LogP contribution in [0.3, 0.4) is 0 Å². The normalized spacial score (nSPS) is 23.2. The monoisotopic (exact) mass is 561 g/mol. The zero-order valence-corrected chi connectivity index (χ0v) is 24.5. The molecule has 3 aliphatic rings. The van der Waals surface area contributed by atoms with Crippen LogP contribution in [-0.2, 0) is 17.8 Å². The second-order valence-electron chi connectivity index (χ2n) is 12.0. The minimum atomic E-state index is -1.22. The third-order valence-electron chi connectivity index (χ3n) is 9.01. The van der Waals surface area contributed by atoms with Crippen LogP contribution in [0, 0.1) is 13.8 Å². The quantitative estimate of drug-likeness (QED) is 0.459. The first kappa shape index (κ1) is 27.5. The number of aryl methyl sites for hydroxylation is 1. The number of aromatic nitrogens is 3. The smallest absolute Gasteiger partial charge is 0.318 e. The molecule has 3 aliphatic heterocycles. The van der Waals surface area contributed by atoms with Gasteiger partial charge < -0.3 is 24.4 Å². The molecule has 1 N–H and O–H groups in total. The largest absolute Gasteiger partial charge is 0.462 e. The number of amides is 1. The zero-order valence-electron chi connectivity index (χ0n) is 24.5. The van der Waals surface area contributed by atoms with Crippen LogP contribution in [0.2, 0.25) is 0 Å². The number of likely N-dealkylation sites (tertiary alicyclic amines) is 1. The number of nitrogens with one attached hydrogen (secondary N) is 1. The van der Waals surface area contributed by atoms with Crippen molar-refractivity contribution < 1.29 is 13.9 Å². The van der Waals surface area contributed by atoms with Gasteiger partial charge in [0.05, 0.1) is 12.2 Å². The standard InChI is InChI=1S/C31H40FN7O2/c1-6-27(40)37-11-13-38(14-12-37)29-24-8-10-39(28-21(3)20(2)15-25-23(28)7-9-33-25)17-26(24)34-30(35-29)41-18-22-16-31(4,32)19-36(22)5/h6-7,9,15,22,33H,1,8,10-14,16-19H2,2-5H3/t22-,31?/m0/s1. The maximum Gasteiger partial charge on any atom is 0.318 e. The number of carbonyl (C=O) groups is 1. The summed E-state index contributed by atoms with van der Waals surface area (Å²) in [6, 6.07) is 4.65. The minimum absolute atomic E-state index is 0.0325. The number of H-pyrrole nitrogens is 1. The van der Waals surface area contributed by atoms with Gasteiger partial charge in [-0.05, 0) is 63.6 Å². The van der Waals surface area contributed by atoms with Gasteiger partial charge in [0.1, 0.15) is 18.1 Å². The van der Waals surface area contributed by atoms with E-state index in [0.29, 0.717) is 58.3 Å². The number of carbonyl (C=O) groups excluding carboxylic acids is 1. The van der Waals surface area contributed by atoms with Crippen molar-refractivity contribution in [1.29, 1.82) is 0 Å². The highest BCUT2D eigenvalue weighted by Crippen LogP contribution is 2.37. The number of alkyl halides is 1. The van der Waals surface area contributed by atoms with E-state index in [1.807, 2.05) is 23.0 Å². The first-order valence-electron chi connectivity index (χ1n) is 14.5. The molecule has 6 rings (SSSR count). The number of piperazine rings is 1. The fraction of sp³-hybridized carbons (Fsp3) is 0.516. The van der Waals surface area contributed by atoms with E-state index in [2.05, 4.69) is 47.3 Å². The van der Waals surface area contributed by atoms with Gasteiger partial charge >= 0.3 is 6.01 Å². The maximum absolute atomic E-state index is 14.7. The maximum atomic E-state index is 14.7. The van der Waals surface area contributed by atoms with Crippen LogP contribution >= 0.6 is 0 Å². The van der Waals surface area contributed by atoms with Crippen molar-refractivity contribution in [3.05, 3.63) is 53.4 Å². The highest BCUT2D eigenvalue weighted by Gasteiger charge is 2.39. The predicted octanol–water partition coefficient (Wildman–Crippen LogP) is 3.78. The van der Waals surface area contributed by atoms with Crippen LogP contribution in [0.5, 0.6) is 6.01 Å². The van der Waals surface area contributed by atoms with Crippen molar-refractivity contribution in [3.8, 4) is 6.01 Å². The zero-order chi connectivity index (χ0) is 28.9. The highest BCUT2D eigenvalue weighted by atomic mass is 19.1. The molecular weight excluding hydrogens is 521 g/mol. The first-order valence-corrected chi connectivity index (χ1v) is 14.5. The van der Waals surface area contributed by atoms with Crippen LogP contribution in [0.4, 0.5) is 15.9 Å². The van der Waals surface area contributed by atoms with E-state index in [9.17, 15) is 9.18 Å². The van der Waals surface area contributed by atoms with Crippen molar-refractivity contribution in [3.63, 3.8) is 0 Å². The lowest BCUT2D eigenvalue weighted by Gasteiger charge is -2.38. The van der Waals surface area contributed by atoms with Gasteiger partial charge in [-0.3, -0.25) is 9.69 Å². The molecule has 0 bridgehead atoms. The van der Waals surface area contributed by atoms with E-state index >= 15 is 0 Å². The van der Waals surface area contributed by atoms with Crippen molar-refractivity contribution in [2.24, 2.45) is 0 Å². The molecule has 2 atom stereocenters. The molecule has 3 aromatic rings. The van der Waals surface area contributed by atoms with E-state index in [-0.39, 0.29) is 11.9 Å². The van der Waals surface area contributed by atoms with Crippen molar-refractivity contribution in [2.75, 3.05) is 62.7 Å². The highest BCUT2D eigenvalue weighted by molar-refractivity contribution is 5.95. The lowest BCUT2D eigenvalue weighted by molar-refractivity contribution is -0.126. The Morgan fingerprint density at radius 2 is 2.00 bits per heavy atom. The molecule has 1 amide bonds. The topological polar surface area (TPSA) is 80.8 Å². The number of likely N-dealkylation sites (N-methyl/N-ethyl adjacent to an activating group) is 1. The summed E-state index contributed by atoms with van der Waals surface area (Å²) in [5.74, 6) is 0.845. The Labute approximate surface area is 241 Å². The summed E-state index contributed by atoms with van der Waals surface area (Å²) in [7, 11) is 1.94. The van der Waals surface area contributed by atoms with E-state index < -0.39 is 5.67 Å². The Morgan fingerprint density at radius 1 is 1.22 bits per heavy atom. The van der Waals surface area contributed by atoms with E-state index in [0.717, 1.165) is 35.6 Å². The van der Waals surface area contributed by atoms with Gasteiger partial charge in [0.2, 0.25) is 5.91 Å². The van der Waals surface area contributed by atoms with Gasteiger partial charge in [0.25, 0.3) is 0 Å². The molecule has 2 fully saturated rings. The Hall–Kier alpha value is -3.66. The van der Waals surface area contributed by atoms with Crippen LogP contribution in [0.1, 0.15) is 35.7 Å². The molecule has 1 unspecified atom stereocenters. The fourth-order valence-electron chi connectivity index (χ4n) is 6.72. The number of hydrogen-bond donors (Lipinski definition) is 1. The summed E-state index contributed by atoms with van der Waals surface area (Å²) in [6.45, 7) is 14.4. The lowest BCUT2D eigenvalue weighted by atomic mass is 9.99. The molecule has 5 heterocycles. The molecule has 218 valence electrons. The number of anilines is 2. The minimum Gasteiger partial charge on any atom is -0.462 e. The number of rotatable bonds is 6. The number of hydrogen-bond acceptors (Lipinski definition) is 7. The molecule has 41 heavy (non-hydrogen) atoms. The van der Waals surface area contributed by atoms with Gasteiger partial charge in [-0.25, -0.2) is 4.39 Å². The predicted molar refractivity (Wildman–Crippen MR) is 160 cm³/mol. The Bertz CT molecular complexity index is 1480. The second kappa shape index (κ2) is 10.6. The Kier molecular flexibility index (Phi) is 7.13. The number of benzene rings is 1. The summed E-state index contributed by atoms with van der Waals surface area (Å²) >= 11 is 0. The number of nitrogens with zero attached hydrogens (tertiary/aromatic N) is 6. The van der Waals surface area contributed by atoms with Gasteiger partial charge in [0, 0.05) is 80.1 Å². The molecular formula is C31H40FN7O2. The van der Waals surface area contributed by atoms with Gasteiger partial charge in [-0.15, -0.1) is 0 Å². The molecule has 10 heteroatoms. The molecule has 1 aromatic carbocycles. The summed E-state index contributed by atoms with van der Waals surface area (Å²) in [4.78, 5) is 33.9. The summed E-state index contributed by atoms with van der Waals surface area (Å²) < 4.78 is 20.9. The van der Waals surface area contributed by atoms with Crippen molar-refractivity contribution in [2.45, 2.75) is 51.9 Å². The number of halogens is 1. The molecule has 9 nitrogen and oxygen atoms in total. The van der Waals surface area contributed by atoms with E-state index in [1.165, 1.54) is 28.3 Å². The summed E-state index contributed by atoms with van der Waals surface area (Å²) in [5, 5.41) is 1.21. The molecule has 0 saturated carbocycles.